The highest BCUT2D eigenvalue weighted by Crippen LogP contribution is 2.36. The van der Waals surface area contributed by atoms with Gasteiger partial charge in [0.1, 0.15) is 25.2 Å². The summed E-state index contributed by atoms with van der Waals surface area (Å²) in [5, 5.41) is 0.0797. The molecular weight excluding hydrogens is 419 g/mol. The number of benzene rings is 2. The van der Waals surface area contributed by atoms with Gasteiger partial charge in [-0.15, -0.1) is 0 Å². The maximum absolute atomic E-state index is 13.2. The van der Waals surface area contributed by atoms with Gasteiger partial charge in [0.2, 0.25) is 9.84 Å². The second-order valence-electron chi connectivity index (χ2n) is 7.05. The number of halogens is 1. The molecular formula is C23H25FN2O4S. The van der Waals surface area contributed by atoms with E-state index in [0.29, 0.717) is 23.9 Å². The van der Waals surface area contributed by atoms with Crippen LogP contribution in [-0.2, 0) is 32.9 Å². The van der Waals surface area contributed by atoms with Gasteiger partial charge >= 0.3 is 0 Å². The van der Waals surface area contributed by atoms with Crippen LogP contribution in [0.5, 0.6) is 0 Å². The molecule has 0 unspecified atom stereocenters. The molecule has 0 aliphatic heterocycles. The Hall–Kier alpha value is -3.13. The van der Waals surface area contributed by atoms with Crippen LogP contribution in [-0.4, -0.2) is 31.5 Å². The van der Waals surface area contributed by atoms with Crippen molar-refractivity contribution in [2.24, 2.45) is 13.0 Å². The van der Waals surface area contributed by atoms with E-state index >= 15 is 0 Å². The fourth-order valence-electron chi connectivity index (χ4n) is 3.32. The van der Waals surface area contributed by atoms with E-state index in [1.165, 1.54) is 25.0 Å². The lowest BCUT2D eigenvalue weighted by Crippen LogP contribution is -2.08. The van der Waals surface area contributed by atoms with Crippen molar-refractivity contribution in [3.8, 4) is 11.4 Å². The Balaban J connectivity index is 0.000000807. The van der Waals surface area contributed by atoms with Gasteiger partial charge in [0.25, 0.3) is 0 Å². The average molecular weight is 445 g/mol. The Kier molecular flexibility index (Phi) is 8.38. The molecule has 0 radical (unpaired) electrons. The highest BCUT2D eigenvalue weighted by molar-refractivity contribution is 7.91. The molecule has 0 bridgehead atoms. The lowest BCUT2D eigenvalue weighted by atomic mass is 10.2. The number of imidazole rings is 1. The zero-order valence-electron chi connectivity index (χ0n) is 17.3. The summed E-state index contributed by atoms with van der Waals surface area (Å²) in [5.41, 5.74) is 1.58. The van der Waals surface area contributed by atoms with E-state index in [2.05, 4.69) is 4.98 Å². The molecule has 2 aromatic carbocycles. The number of aromatic nitrogens is 2. The molecule has 1 saturated carbocycles. The van der Waals surface area contributed by atoms with Gasteiger partial charge in [0, 0.05) is 12.6 Å². The lowest BCUT2D eigenvalue weighted by Gasteiger charge is -2.08. The van der Waals surface area contributed by atoms with Crippen LogP contribution in [0.25, 0.3) is 11.4 Å². The summed E-state index contributed by atoms with van der Waals surface area (Å²) in [5.74, 6) is 0.845. The SMILES string of the molecule is C=O.C=O.Cn1c(-c2ccccc2)nc(S(=O)(=O)c2ccc(F)cc2)c1CCC1CC1. The summed E-state index contributed by atoms with van der Waals surface area (Å²) >= 11 is 0. The first-order valence-electron chi connectivity index (χ1n) is 9.66. The van der Waals surface area contributed by atoms with Gasteiger partial charge < -0.3 is 14.2 Å². The predicted molar refractivity (Wildman–Crippen MR) is 116 cm³/mol. The summed E-state index contributed by atoms with van der Waals surface area (Å²) in [6.07, 6.45) is 4.04. The molecule has 1 aromatic heterocycles. The Morgan fingerprint density at radius 3 is 2.13 bits per heavy atom. The standard InChI is InChI=1S/C21H21FN2O2S.2CH2O/c1-24-19(14-9-15-7-8-15)21(23-20(24)16-5-3-2-4-6-16)27(25,26)18-12-10-17(22)11-13-18;2*1-2/h2-6,10-13,15H,7-9,14H2,1H3;2*1H2. The van der Waals surface area contributed by atoms with E-state index in [1.807, 2.05) is 55.5 Å². The fraction of sp³-hybridized carbons (Fsp3) is 0.261. The Labute approximate surface area is 181 Å². The number of nitrogens with zero attached hydrogens (tertiary/aromatic N) is 2. The molecule has 1 aliphatic rings. The molecule has 1 fully saturated rings. The van der Waals surface area contributed by atoms with Gasteiger partial charge in [0.15, 0.2) is 5.03 Å². The van der Waals surface area contributed by atoms with E-state index in [4.69, 9.17) is 9.59 Å². The van der Waals surface area contributed by atoms with Gasteiger partial charge in [-0.05, 0) is 43.0 Å². The second kappa shape index (κ2) is 10.8. The van der Waals surface area contributed by atoms with Gasteiger partial charge in [-0.1, -0.05) is 43.2 Å². The van der Waals surface area contributed by atoms with Gasteiger partial charge in [-0.2, -0.15) is 0 Å². The van der Waals surface area contributed by atoms with Crippen LogP contribution in [0.4, 0.5) is 4.39 Å². The minimum absolute atomic E-state index is 0.0642. The molecule has 1 aliphatic carbocycles. The van der Waals surface area contributed by atoms with Crippen LogP contribution in [0.3, 0.4) is 0 Å². The zero-order valence-corrected chi connectivity index (χ0v) is 18.1. The zero-order chi connectivity index (χ0) is 23.0. The highest BCUT2D eigenvalue weighted by Gasteiger charge is 2.30. The third-order valence-corrected chi connectivity index (χ3v) is 6.80. The largest absolute Gasteiger partial charge is 0.330 e. The van der Waals surface area contributed by atoms with Gasteiger partial charge in [0.05, 0.1) is 10.6 Å². The van der Waals surface area contributed by atoms with Crippen molar-refractivity contribution in [1.29, 1.82) is 0 Å². The van der Waals surface area contributed by atoms with Crippen molar-refractivity contribution in [2.75, 3.05) is 0 Å². The van der Waals surface area contributed by atoms with Crippen molar-refractivity contribution in [3.63, 3.8) is 0 Å². The second-order valence-corrected chi connectivity index (χ2v) is 8.92. The molecule has 0 amide bonds. The van der Waals surface area contributed by atoms with E-state index in [0.717, 1.165) is 24.1 Å². The smallest absolute Gasteiger partial charge is 0.225 e. The predicted octanol–water partition coefficient (Wildman–Crippen LogP) is 4.03. The Morgan fingerprint density at radius 2 is 1.58 bits per heavy atom. The van der Waals surface area contributed by atoms with Gasteiger partial charge in [-0.25, -0.2) is 17.8 Å². The van der Waals surface area contributed by atoms with Crippen LogP contribution < -0.4 is 0 Å². The summed E-state index contributed by atoms with van der Waals surface area (Å²) in [6.45, 7) is 4.00. The number of hydrogen-bond donors (Lipinski definition) is 0. The maximum atomic E-state index is 13.2. The lowest BCUT2D eigenvalue weighted by molar-refractivity contribution is -0.0987. The summed E-state index contributed by atoms with van der Waals surface area (Å²) in [4.78, 5) is 20.6. The van der Waals surface area contributed by atoms with Crippen LogP contribution in [0.2, 0.25) is 0 Å². The average Bonchev–Trinajstić information content (AvgIpc) is 3.58. The van der Waals surface area contributed by atoms with Gasteiger partial charge in [-0.3, -0.25) is 0 Å². The molecule has 0 saturated heterocycles. The third kappa shape index (κ3) is 5.52. The van der Waals surface area contributed by atoms with Crippen LogP contribution >= 0.6 is 0 Å². The fourth-order valence-corrected chi connectivity index (χ4v) is 4.79. The van der Waals surface area contributed by atoms with Crippen molar-refractivity contribution >= 4 is 23.4 Å². The third-order valence-electron chi connectivity index (χ3n) is 5.07. The molecule has 4 rings (SSSR count). The quantitative estimate of drug-likeness (QED) is 0.536. The van der Waals surface area contributed by atoms with Crippen LogP contribution in [0.1, 0.15) is 25.0 Å². The van der Waals surface area contributed by atoms with Crippen molar-refractivity contribution in [2.45, 2.75) is 35.6 Å². The van der Waals surface area contributed by atoms with E-state index in [9.17, 15) is 12.8 Å². The van der Waals surface area contributed by atoms with Crippen molar-refractivity contribution < 1.29 is 22.4 Å². The molecule has 0 N–H and O–H groups in total. The molecule has 164 valence electrons. The number of hydrogen-bond acceptors (Lipinski definition) is 5. The van der Waals surface area contributed by atoms with E-state index in [-0.39, 0.29) is 9.92 Å². The van der Waals surface area contributed by atoms with Crippen molar-refractivity contribution in [1.82, 2.24) is 9.55 Å². The first kappa shape index (κ1) is 24.1. The van der Waals surface area contributed by atoms with E-state index < -0.39 is 15.7 Å². The first-order chi connectivity index (χ1) is 15.0. The minimum atomic E-state index is -3.82. The number of carbonyl (C=O) groups excluding carboxylic acids is 2. The Morgan fingerprint density at radius 1 is 1.00 bits per heavy atom. The molecule has 3 aromatic rings. The maximum Gasteiger partial charge on any atom is 0.225 e. The van der Waals surface area contributed by atoms with Crippen molar-refractivity contribution in [3.05, 3.63) is 66.1 Å². The summed E-state index contributed by atoms with van der Waals surface area (Å²) < 4.78 is 41.6. The molecule has 31 heavy (non-hydrogen) atoms. The summed E-state index contributed by atoms with van der Waals surface area (Å²) in [7, 11) is -1.96. The molecule has 1 heterocycles. The van der Waals surface area contributed by atoms with Crippen LogP contribution in [0.15, 0.2) is 64.5 Å². The normalized spacial score (nSPS) is 12.8. The molecule has 8 heteroatoms. The number of sulfone groups is 1. The molecule has 0 atom stereocenters. The van der Waals surface area contributed by atoms with E-state index in [1.54, 1.807) is 0 Å². The minimum Gasteiger partial charge on any atom is -0.330 e. The molecule has 6 nitrogen and oxygen atoms in total. The number of carbonyl (C=O) groups is 2. The monoisotopic (exact) mass is 444 g/mol. The number of rotatable bonds is 6. The Bertz CT molecular complexity index is 1090. The molecule has 0 spiro atoms. The highest BCUT2D eigenvalue weighted by atomic mass is 32.2. The topological polar surface area (TPSA) is 86.1 Å². The summed E-state index contributed by atoms with van der Waals surface area (Å²) in [6, 6.07) is 14.5. The first-order valence-corrected chi connectivity index (χ1v) is 11.1. The van der Waals surface area contributed by atoms with Crippen LogP contribution in [0, 0.1) is 11.7 Å².